The molecule has 0 spiro atoms. The summed E-state index contributed by atoms with van der Waals surface area (Å²) in [5, 5.41) is 27.7. The molecule has 0 radical (unpaired) electrons. The van der Waals surface area contributed by atoms with Gasteiger partial charge in [-0.05, 0) is 54.4 Å². The van der Waals surface area contributed by atoms with E-state index in [-0.39, 0.29) is 23.5 Å². The Kier molecular flexibility index (Phi) is 9.30. The number of sulfonamides is 1. The molecular weight excluding hydrogens is 561 g/mol. The molecule has 2 atom stereocenters. The van der Waals surface area contributed by atoms with Gasteiger partial charge in [0.15, 0.2) is 0 Å². The second-order valence-electron chi connectivity index (χ2n) is 9.49. The highest BCUT2D eigenvalue weighted by Crippen LogP contribution is 2.39. The lowest BCUT2D eigenvalue weighted by Crippen LogP contribution is -2.57. The molecule has 3 aromatic rings. The fourth-order valence-corrected chi connectivity index (χ4v) is 5.33. The van der Waals surface area contributed by atoms with Gasteiger partial charge in [0.25, 0.3) is 0 Å². The molecule has 0 saturated heterocycles. The SMILES string of the molecule is COc1ccc(C(C=O)(CNc2ccc(CP(=O)(O)O)cc2)NC(C)(O)c2ccc(O)c(NS(C)(=O)=O)c2)cc1. The van der Waals surface area contributed by atoms with Crippen LogP contribution >= 0.6 is 7.60 Å². The van der Waals surface area contributed by atoms with Gasteiger partial charge in [-0.1, -0.05) is 30.3 Å². The minimum absolute atomic E-state index is 0.0800. The Morgan fingerprint density at radius 2 is 1.60 bits per heavy atom. The number of hydrogen-bond acceptors (Lipinski definition) is 9. The van der Waals surface area contributed by atoms with Crippen molar-refractivity contribution >= 4 is 35.3 Å². The lowest BCUT2D eigenvalue weighted by atomic mass is 9.88. The topological polar surface area (TPSA) is 195 Å². The number of hydrogen-bond donors (Lipinski definition) is 7. The maximum absolute atomic E-state index is 12.8. The summed E-state index contributed by atoms with van der Waals surface area (Å²) in [6.07, 6.45) is 1.13. The number of rotatable bonds is 13. The van der Waals surface area contributed by atoms with E-state index >= 15 is 0 Å². The van der Waals surface area contributed by atoms with Crippen LogP contribution in [0.25, 0.3) is 0 Å². The van der Waals surface area contributed by atoms with E-state index in [2.05, 4.69) is 15.4 Å². The first kappa shape index (κ1) is 31.1. The van der Waals surface area contributed by atoms with E-state index in [0.717, 1.165) is 6.26 Å². The number of aromatic hydroxyl groups is 1. The van der Waals surface area contributed by atoms with Gasteiger partial charge in [0.05, 0.1) is 25.2 Å². The highest BCUT2D eigenvalue weighted by molar-refractivity contribution is 7.92. The second kappa shape index (κ2) is 12.0. The third-order valence-corrected chi connectivity index (χ3v) is 7.41. The minimum Gasteiger partial charge on any atom is -0.506 e. The van der Waals surface area contributed by atoms with Crippen LogP contribution in [0.15, 0.2) is 66.7 Å². The average Bonchev–Trinajstić information content (AvgIpc) is 2.87. The van der Waals surface area contributed by atoms with Crippen molar-refractivity contribution in [2.75, 3.05) is 29.9 Å². The zero-order chi connectivity index (χ0) is 29.8. The molecule has 12 nitrogen and oxygen atoms in total. The normalized spacial score (nSPS) is 14.9. The second-order valence-corrected chi connectivity index (χ2v) is 12.9. The molecule has 0 heterocycles. The summed E-state index contributed by atoms with van der Waals surface area (Å²) in [5.41, 5.74) is -2.04. The molecule has 2 unspecified atom stereocenters. The quantitative estimate of drug-likeness (QED) is 0.0666. The van der Waals surface area contributed by atoms with E-state index in [1.54, 1.807) is 48.5 Å². The van der Waals surface area contributed by atoms with Crippen LogP contribution in [0.3, 0.4) is 0 Å². The van der Waals surface area contributed by atoms with Gasteiger partial charge in [-0.2, -0.15) is 0 Å². The monoisotopic (exact) mass is 593 g/mol. The maximum atomic E-state index is 12.8. The molecule has 0 saturated carbocycles. The summed E-state index contributed by atoms with van der Waals surface area (Å²) < 4.78 is 42.2. The molecule has 3 aromatic carbocycles. The number of nitrogens with one attached hydrogen (secondary N) is 3. The maximum Gasteiger partial charge on any atom is 0.329 e. The van der Waals surface area contributed by atoms with Gasteiger partial charge in [-0.15, -0.1) is 0 Å². The molecule has 40 heavy (non-hydrogen) atoms. The third-order valence-electron chi connectivity index (χ3n) is 6.04. The van der Waals surface area contributed by atoms with Gasteiger partial charge in [0, 0.05) is 17.8 Å². The number of methoxy groups -OCH3 is 1. The molecule has 0 aliphatic rings. The molecule has 0 aliphatic heterocycles. The Bertz CT molecular complexity index is 1490. The molecule has 0 fully saturated rings. The van der Waals surface area contributed by atoms with Gasteiger partial charge in [-0.3, -0.25) is 14.6 Å². The number of aliphatic hydroxyl groups is 1. The number of phenolic OH excluding ortho intramolecular Hbond substituents is 1. The van der Waals surface area contributed by atoms with Crippen molar-refractivity contribution in [3.05, 3.63) is 83.4 Å². The lowest BCUT2D eigenvalue weighted by Gasteiger charge is -2.38. The number of benzene rings is 3. The highest BCUT2D eigenvalue weighted by atomic mass is 32.2. The Labute approximate surface area is 232 Å². The summed E-state index contributed by atoms with van der Waals surface area (Å²) in [4.78, 5) is 31.2. The molecule has 14 heteroatoms. The Hall–Kier alpha value is -3.45. The summed E-state index contributed by atoms with van der Waals surface area (Å²) in [6, 6.07) is 16.8. The van der Waals surface area contributed by atoms with Crippen LogP contribution in [-0.4, -0.2) is 54.6 Å². The van der Waals surface area contributed by atoms with Crippen molar-refractivity contribution in [3.63, 3.8) is 0 Å². The minimum atomic E-state index is -4.24. The zero-order valence-electron chi connectivity index (χ0n) is 22.0. The molecule has 0 aliphatic carbocycles. The molecule has 0 bridgehead atoms. The summed E-state index contributed by atoms with van der Waals surface area (Å²) >= 11 is 0. The fraction of sp³-hybridized carbons (Fsp3) is 0.269. The first-order valence-corrected chi connectivity index (χ1v) is 15.6. The standard InChI is InChI=1S/C26H32N3O9PS/c1-25(32,20-8-13-24(31)23(14-20)28-40(3,36)37)29-26(17-30,19-6-11-22(38-2)12-7-19)16-27-21-9-4-18(5-10-21)15-39(33,34)35/h4-14,17,27-29,31-32H,15-16H2,1-3H3,(H2,33,34,35). The predicted molar refractivity (Wildman–Crippen MR) is 151 cm³/mol. The Balaban J connectivity index is 1.98. The van der Waals surface area contributed by atoms with Crippen LogP contribution in [0.1, 0.15) is 23.6 Å². The van der Waals surface area contributed by atoms with Crippen molar-refractivity contribution in [2.45, 2.75) is 24.3 Å². The fourth-order valence-electron chi connectivity index (χ4n) is 4.08. The lowest BCUT2D eigenvalue weighted by molar-refractivity contribution is -0.117. The van der Waals surface area contributed by atoms with E-state index in [1.165, 1.54) is 32.2 Å². The molecule has 7 N–H and O–H groups in total. The highest BCUT2D eigenvalue weighted by Gasteiger charge is 2.39. The average molecular weight is 594 g/mol. The summed E-state index contributed by atoms with van der Waals surface area (Å²) in [5.74, 6) is 0.185. The van der Waals surface area contributed by atoms with E-state index in [0.29, 0.717) is 28.8 Å². The van der Waals surface area contributed by atoms with Gasteiger partial charge >= 0.3 is 7.60 Å². The van der Waals surface area contributed by atoms with Crippen LogP contribution < -0.4 is 20.1 Å². The molecule has 0 aromatic heterocycles. The largest absolute Gasteiger partial charge is 0.506 e. The summed E-state index contributed by atoms with van der Waals surface area (Å²) in [7, 11) is -6.48. The van der Waals surface area contributed by atoms with E-state index < -0.39 is 35.0 Å². The van der Waals surface area contributed by atoms with Gasteiger partial charge in [0.1, 0.15) is 29.0 Å². The Morgan fingerprint density at radius 1 is 1.00 bits per heavy atom. The van der Waals surface area contributed by atoms with Crippen molar-refractivity contribution in [2.24, 2.45) is 0 Å². The third kappa shape index (κ3) is 8.28. The van der Waals surface area contributed by atoms with Crippen molar-refractivity contribution in [1.82, 2.24) is 5.32 Å². The van der Waals surface area contributed by atoms with E-state index in [9.17, 15) is 37.8 Å². The van der Waals surface area contributed by atoms with Gasteiger partial charge in [-0.25, -0.2) is 8.42 Å². The number of phenols is 1. The van der Waals surface area contributed by atoms with Crippen LogP contribution in [0.4, 0.5) is 11.4 Å². The van der Waals surface area contributed by atoms with E-state index in [4.69, 9.17) is 4.74 Å². The molecule has 3 rings (SSSR count). The number of aldehydes is 1. The number of carbonyl (C=O) groups is 1. The van der Waals surface area contributed by atoms with Crippen molar-refractivity contribution in [3.8, 4) is 11.5 Å². The van der Waals surface area contributed by atoms with Crippen LogP contribution in [0.5, 0.6) is 11.5 Å². The van der Waals surface area contributed by atoms with Crippen molar-refractivity contribution in [1.29, 1.82) is 0 Å². The van der Waals surface area contributed by atoms with Gasteiger partial charge < -0.3 is 34.8 Å². The van der Waals surface area contributed by atoms with Crippen molar-refractivity contribution < 1.29 is 42.5 Å². The van der Waals surface area contributed by atoms with Crippen LogP contribution in [-0.2, 0) is 36.8 Å². The first-order chi connectivity index (χ1) is 18.6. The van der Waals surface area contributed by atoms with Crippen LogP contribution in [0, 0.1) is 0 Å². The Morgan fingerprint density at radius 3 is 2.12 bits per heavy atom. The smallest absolute Gasteiger partial charge is 0.329 e. The van der Waals surface area contributed by atoms with Gasteiger partial charge in [0.2, 0.25) is 10.0 Å². The summed E-state index contributed by atoms with van der Waals surface area (Å²) in [6.45, 7) is 1.30. The zero-order valence-corrected chi connectivity index (χ0v) is 23.7. The van der Waals surface area contributed by atoms with Crippen LogP contribution in [0.2, 0.25) is 0 Å². The number of carbonyl (C=O) groups excluding carboxylic acids is 1. The first-order valence-electron chi connectivity index (χ1n) is 11.9. The molecule has 0 amide bonds. The van der Waals surface area contributed by atoms with E-state index in [1.807, 2.05) is 0 Å². The molecular formula is C26H32N3O9PS. The number of anilines is 2. The number of ether oxygens (including phenoxy) is 1. The molecule has 216 valence electrons. The predicted octanol–water partition coefficient (Wildman–Crippen LogP) is 2.41.